The first-order valence-electron chi connectivity index (χ1n) is 5.91. The Balaban J connectivity index is 2.35. The van der Waals surface area contributed by atoms with Gasteiger partial charge in [-0.15, -0.1) is 0 Å². The maximum absolute atomic E-state index is 13.6. The number of halogens is 2. The number of carbonyl (C=O) groups excluding carboxylic acids is 1. The number of aromatic amines is 1. The third kappa shape index (κ3) is 2.86. The van der Waals surface area contributed by atoms with Gasteiger partial charge in [-0.1, -0.05) is 6.92 Å². The molecule has 0 radical (unpaired) electrons. The molecular formula is C12H10F2N4O3. The summed E-state index contributed by atoms with van der Waals surface area (Å²) in [5.74, 6) is -3.21. The number of anilines is 1. The molecule has 1 amide bonds. The lowest BCUT2D eigenvalue weighted by Crippen LogP contribution is -2.16. The summed E-state index contributed by atoms with van der Waals surface area (Å²) in [5.41, 5.74) is -0.915. The lowest BCUT2D eigenvalue weighted by molar-refractivity contribution is -0.387. The van der Waals surface area contributed by atoms with Gasteiger partial charge in [-0.05, 0) is 6.42 Å². The van der Waals surface area contributed by atoms with E-state index in [0.29, 0.717) is 24.1 Å². The molecule has 0 bridgehead atoms. The van der Waals surface area contributed by atoms with Crippen LogP contribution in [0.15, 0.2) is 18.3 Å². The number of rotatable bonds is 4. The Bertz CT molecular complexity index is 715. The summed E-state index contributed by atoms with van der Waals surface area (Å²) in [5, 5.41) is 19.2. The third-order valence-electron chi connectivity index (χ3n) is 2.82. The standard InChI is InChI=1S/C12H10F2N4O3/c1-2-6-5-15-17-11(6)16-12(19)7-3-10(18(20)21)9(14)4-8(7)13/h3-5H,2H2,1H3,(H2,15,16,17,19). The largest absolute Gasteiger partial charge is 0.307 e. The summed E-state index contributed by atoms with van der Waals surface area (Å²) in [7, 11) is 0. The Morgan fingerprint density at radius 1 is 1.43 bits per heavy atom. The average Bonchev–Trinajstić information content (AvgIpc) is 2.85. The van der Waals surface area contributed by atoms with E-state index in [2.05, 4.69) is 15.5 Å². The second kappa shape index (κ2) is 5.65. The molecule has 1 aromatic carbocycles. The molecule has 0 saturated carbocycles. The number of aryl methyl sites for hydroxylation is 1. The molecule has 2 rings (SSSR count). The van der Waals surface area contributed by atoms with E-state index in [1.54, 1.807) is 0 Å². The number of nitrogens with one attached hydrogen (secondary N) is 2. The molecule has 0 atom stereocenters. The average molecular weight is 296 g/mol. The van der Waals surface area contributed by atoms with Crippen LogP contribution in [0.5, 0.6) is 0 Å². The monoisotopic (exact) mass is 296 g/mol. The van der Waals surface area contributed by atoms with Gasteiger partial charge in [0.25, 0.3) is 5.91 Å². The zero-order valence-electron chi connectivity index (χ0n) is 10.8. The fourth-order valence-electron chi connectivity index (χ4n) is 1.72. The van der Waals surface area contributed by atoms with E-state index in [0.717, 1.165) is 0 Å². The van der Waals surface area contributed by atoms with Crippen LogP contribution in [0.25, 0.3) is 0 Å². The van der Waals surface area contributed by atoms with Gasteiger partial charge >= 0.3 is 5.69 Å². The Hall–Kier alpha value is -2.84. The van der Waals surface area contributed by atoms with E-state index < -0.39 is 33.7 Å². The van der Waals surface area contributed by atoms with Crippen molar-refractivity contribution in [1.29, 1.82) is 0 Å². The van der Waals surface area contributed by atoms with Crippen molar-refractivity contribution in [3.63, 3.8) is 0 Å². The molecule has 7 nitrogen and oxygen atoms in total. The second-order valence-electron chi connectivity index (χ2n) is 4.12. The highest BCUT2D eigenvalue weighted by molar-refractivity contribution is 6.04. The van der Waals surface area contributed by atoms with Gasteiger partial charge in [0.2, 0.25) is 5.82 Å². The van der Waals surface area contributed by atoms with E-state index in [4.69, 9.17) is 0 Å². The van der Waals surface area contributed by atoms with Gasteiger partial charge in [0, 0.05) is 17.7 Å². The van der Waals surface area contributed by atoms with E-state index in [-0.39, 0.29) is 5.82 Å². The van der Waals surface area contributed by atoms with Gasteiger partial charge in [0.1, 0.15) is 11.6 Å². The summed E-state index contributed by atoms with van der Waals surface area (Å²) < 4.78 is 26.8. The van der Waals surface area contributed by atoms with Crippen LogP contribution in [0.4, 0.5) is 20.3 Å². The number of hydrogen-bond donors (Lipinski definition) is 2. The number of carbonyl (C=O) groups is 1. The van der Waals surface area contributed by atoms with Crippen molar-refractivity contribution in [1.82, 2.24) is 10.2 Å². The number of nitrogens with zero attached hydrogens (tertiary/aromatic N) is 2. The Labute approximate surface area is 117 Å². The maximum atomic E-state index is 13.6. The molecule has 2 aromatic rings. The molecular weight excluding hydrogens is 286 g/mol. The molecule has 0 fully saturated rings. The van der Waals surface area contributed by atoms with Crippen LogP contribution in [0, 0.1) is 21.7 Å². The van der Waals surface area contributed by atoms with Gasteiger partial charge in [-0.2, -0.15) is 9.49 Å². The molecule has 9 heteroatoms. The van der Waals surface area contributed by atoms with Gasteiger partial charge in [-0.25, -0.2) is 4.39 Å². The topological polar surface area (TPSA) is 101 Å². The molecule has 21 heavy (non-hydrogen) atoms. The van der Waals surface area contributed by atoms with Crippen molar-refractivity contribution >= 4 is 17.4 Å². The lowest BCUT2D eigenvalue weighted by atomic mass is 10.1. The van der Waals surface area contributed by atoms with Crippen LogP contribution in [0.2, 0.25) is 0 Å². The highest BCUT2D eigenvalue weighted by Crippen LogP contribution is 2.22. The first kappa shape index (κ1) is 14.6. The molecule has 0 saturated heterocycles. The number of H-pyrrole nitrogens is 1. The molecule has 1 heterocycles. The zero-order chi connectivity index (χ0) is 15.6. The highest BCUT2D eigenvalue weighted by Gasteiger charge is 2.23. The van der Waals surface area contributed by atoms with E-state index in [1.165, 1.54) is 6.20 Å². The van der Waals surface area contributed by atoms with Gasteiger partial charge in [0.05, 0.1) is 16.7 Å². The molecule has 0 aliphatic heterocycles. The summed E-state index contributed by atoms with van der Waals surface area (Å²) in [6, 6.07) is 0.864. The highest BCUT2D eigenvalue weighted by atomic mass is 19.1. The summed E-state index contributed by atoms with van der Waals surface area (Å²) in [6.45, 7) is 1.82. The van der Waals surface area contributed by atoms with Crippen LogP contribution >= 0.6 is 0 Å². The second-order valence-corrected chi connectivity index (χ2v) is 4.12. The number of aromatic nitrogens is 2. The Morgan fingerprint density at radius 2 is 2.14 bits per heavy atom. The molecule has 1 aromatic heterocycles. The van der Waals surface area contributed by atoms with Crippen LogP contribution < -0.4 is 5.32 Å². The maximum Gasteiger partial charge on any atom is 0.305 e. The van der Waals surface area contributed by atoms with E-state index in [9.17, 15) is 23.7 Å². The molecule has 0 unspecified atom stereocenters. The van der Waals surface area contributed by atoms with Crippen molar-refractivity contribution in [2.24, 2.45) is 0 Å². The number of nitro benzene ring substituents is 1. The minimum atomic E-state index is -1.34. The van der Waals surface area contributed by atoms with Gasteiger partial charge in [-0.3, -0.25) is 20.0 Å². The van der Waals surface area contributed by atoms with Crippen LogP contribution in [-0.2, 0) is 6.42 Å². The van der Waals surface area contributed by atoms with E-state index in [1.807, 2.05) is 6.92 Å². The first-order valence-corrected chi connectivity index (χ1v) is 5.91. The zero-order valence-corrected chi connectivity index (χ0v) is 10.8. The molecule has 110 valence electrons. The van der Waals surface area contributed by atoms with Crippen molar-refractivity contribution in [3.8, 4) is 0 Å². The lowest BCUT2D eigenvalue weighted by Gasteiger charge is -2.06. The van der Waals surface area contributed by atoms with Crippen LogP contribution in [-0.4, -0.2) is 21.0 Å². The van der Waals surface area contributed by atoms with Crippen molar-refractivity contribution in [2.75, 3.05) is 5.32 Å². The summed E-state index contributed by atoms with van der Waals surface area (Å²) in [6.07, 6.45) is 2.05. The Morgan fingerprint density at radius 3 is 2.76 bits per heavy atom. The predicted molar refractivity (Wildman–Crippen MR) is 68.9 cm³/mol. The predicted octanol–water partition coefficient (Wildman–Crippen LogP) is 2.41. The Kier molecular flexibility index (Phi) is 3.92. The quantitative estimate of drug-likeness (QED) is 0.668. The fourth-order valence-corrected chi connectivity index (χ4v) is 1.72. The summed E-state index contributed by atoms with van der Waals surface area (Å²) >= 11 is 0. The van der Waals surface area contributed by atoms with Crippen molar-refractivity contribution in [3.05, 3.63) is 51.2 Å². The molecule has 2 N–H and O–H groups in total. The van der Waals surface area contributed by atoms with Gasteiger partial charge in [0.15, 0.2) is 0 Å². The number of hydrogen-bond acceptors (Lipinski definition) is 4. The number of amides is 1. The minimum absolute atomic E-state index is 0.258. The molecule has 0 aliphatic rings. The van der Waals surface area contributed by atoms with Crippen LogP contribution in [0.3, 0.4) is 0 Å². The van der Waals surface area contributed by atoms with E-state index >= 15 is 0 Å². The summed E-state index contributed by atoms with van der Waals surface area (Å²) in [4.78, 5) is 21.5. The SMILES string of the molecule is CCc1cn[nH]c1NC(=O)c1cc([N+](=O)[O-])c(F)cc1F. The minimum Gasteiger partial charge on any atom is -0.307 e. The van der Waals surface area contributed by atoms with Gasteiger partial charge < -0.3 is 5.32 Å². The normalized spacial score (nSPS) is 10.4. The smallest absolute Gasteiger partial charge is 0.305 e. The first-order chi connectivity index (χ1) is 9.93. The van der Waals surface area contributed by atoms with Crippen LogP contribution in [0.1, 0.15) is 22.8 Å². The molecule has 0 spiro atoms. The number of nitro groups is 1. The molecule has 0 aliphatic carbocycles. The number of benzene rings is 1. The fraction of sp³-hybridized carbons (Fsp3) is 0.167. The van der Waals surface area contributed by atoms with Crippen molar-refractivity contribution < 1.29 is 18.5 Å². The third-order valence-corrected chi connectivity index (χ3v) is 2.82. The van der Waals surface area contributed by atoms with Crippen molar-refractivity contribution in [2.45, 2.75) is 13.3 Å².